The number of pyridine rings is 1. The fourth-order valence-corrected chi connectivity index (χ4v) is 1.78. The lowest BCUT2D eigenvalue weighted by atomic mass is 10.3. The number of hydrogen-bond donors (Lipinski definition) is 1. The second-order valence-electron chi connectivity index (χ2n) is 3.94. The number of benzene rings is 1. The van der Waals surface area contributed by atoms with Crippen LogP contribution >= 0.6 is 23.2 Å². The van der Waals surface area contributed by atoms with Crippen molar-refractivity contribution >= 4 is 34.8 Å². The van der Waals surface area contributed by atoms with E-state index in [9.17, 15) is 4.79 Å². The van der Waals surface area contributed by atoms with Gasteiger partial charge < -0.3 is 10.1 Å². The Morgan fingerprint density at radius 1 is 1.20 bits per heavy atom. The molecule has 0 saturated carbocycles. The Morgan fingerprint density at radius 2 is 1.95 bits per heavy atom. The Morgan fingerprint density at radius 3 is 2.65 bits per heavy atom. The van der Waals surface area contributed by atoms with Crippen molar-refractivity contribution in [2.45, 2.75) is 6.42 Å². The van der Waals surface area contributed by atoms with Crippen molar-refractivity contribution in [2.24, 2.45) is 0 Å². The SMILES string of the molecule is O=C(CCOc1ccc(Cl)cc1)Nc1cccnc1Cl. The van der Waals surface area contributed by atoms with E-state index in [1.807, 2.05) is 0 Å². The number of rotatable bonds is 5. The van der Waals surface area contributed by atoms with E-state index in [1.165, 1.54) is 0 Å². The van der Waals surface area contributed by atoms with Gasteiger partial charge in [-0.1, -0.05) is 23.2 Å². The molecular formula is C14H12Cl2N2O2. The van der Waals surface area contributed by atoms with Crippen LogP contribution in [0, 0.1) is 0 Å². The van der Waals surface area contributed by atoms with Crippen molar-refractivity contribution in [1.29, 1.82) is 0 Å². The number of nitrogens with zero attached hydrogens (tertiary/aromatic N) is 1. The number of aromatic nitrogens is 1. The van der Waals surface area contributed by atoms with E-state index >= 15 is 0 Å². The molecule has 2 aromatic rings. The number of hydrogen-bond acceptors (Lipinski definition) is 3. The summed E-state index contributed by atoms with van der Waals surface area (Å²) in [4.78, 5) is 15.6. The maximum Gasteiger partial charge on any atom is 0.227 e. The highest BCUT2D eigenvalue weighted by molar-refractivity contribution is 6.32. The van der Waals surface area contributed by atoms with Crippen LogP contribution in [0.4, 0.5) is 5.69 Å². The molecule has 0 atom stereocenters. The van der Waals surface area contributed by atoms with Gasteiger partial charge in [0.05, 0.1) is 18.7 Å². The van der Waals surface area contributed by atoms with E-state index < -0.39 is 0 Å². The van der Waals surface area contributed by atoms with Crippen LogP contribution < -0.4 is 10.1 Å². The van der Waals surface area contributed by atoms with Gasteiger partial charge in [-0.3, -0.25) is 4.79 Å². The zero-order valence-corrected chi connectivity index (χ0v) is 12.0. The first-order valence-electron chi connectivity index (χ1n) is 5.94. The van der Waals surface area contributed by atoms with E-state index in [1.54, 1.807) is 42.6 Å². The van der Waals surface area contributed by atoms with Gasteiger partial charge in [0.15, 0.2) is 5.15 Å². The lowest BCUT2D eigenvalue weighted by Crippen LogP contribution is -2.15. The summed E-state index contributed by atoms with van der Waals surface area (Å²) in [6, 6.07) is 10.3. The fraction of sp³-hybridized carbons (Fsp3) is 0.143. The minimum absolute atomic E-state index is 0.186. The van der Waals surface area contributed by atoms with Crippen molar-refractivity contribution in [3.05, 3.63) is 52.8 Å². The standard InChI is InChI=1S/C14H12Cl2N2O2/c15-10-3-5-11(6-4-10)20-9-7-13(19)18-12-2-1-8-17-14(12)16/h1-6,8H,7,9H2,(H,18,19). The van der Waals surface area contributed by atoms with E-state index in [-0.39, 0.29) is 24.1 Å². The number of carbonyl (C=O) groups is 1. The van der Waals surface area contributed by atoms with Gasteiger partial charge in [0.25, 0.3) is 0 Å². The molecule has 104 valence electrons. The van der Waals surface area contributed by atoms with Crippen LogP contribution in [0.1, 0.15) is 6.42 Å². The molecule has 6 heteroatoms. The predicted octanol–water partition coefficient (Wildman–Crippen LogP) is 3.80. The molecular weight excluding hydrogens is 299 g/mol. The van der Waals surface area contributed by atoms with Crippen molar-refractivity contribution in [2.75, 3.05) is 11.9 Å². The number of carbonyl (C=O) groups excluding carboxylic acids is 1. The molecule has 1 aromatic heterocycles. The van der Waals surface area contributed by atoms with Crippen molar-refractivity contribution < 1.29 is 9.53 Å². The Balaban J connectivity index is 1.78. The molecule has 0 aliphatic carbocycles. The van der Waals surface area contributed by atoms with Crippen LogP contribution in [0.5, 0.6) is 5.75 Å². The molecule has 20 heavy (non-hydrogen) atoms. The van der Waals surface area contributed by atoms with Crippen LogP contribution in [-0.2, 0) is 4.79 Å². The molecule has 1 amide bonds. The minimum atomic E-state index is -0.186. The summed E-state index contributed by atoms with van der Waals surface area (Å²) < 4.78 is 5.43. The first kappa shape index (κ1) is 14.6. The Kier molecular flexibility index (Phi) is 5.21. The van der Waals surface area contributed by atoms with Crippen LogP contribution in [0.15, 0.2) is 42.6 Å². The van der Waals surface area contributed by atoms with E-state index in [0.717, 1.165) is 0 Å². The monoisotopic (exact) mass is 310 g/mol. The Labute approximate surface area is 126 Å². The van der Waals surface area contributed by atoms with Gasteiger partial charge >= 0.3 is 0 Å². The highest BCUT2D eigenvalue weighted by Crippen LogP contribution is 2.18. The molecule has 0 aliphatic rings. The summed E-state index contributed by atoms with van der Waals surface area (Å²) in [6.45, 7) is 0.269. The Hall–Kier alpha value is -1.78. The third kappa shape index (κ3) is 4.40. The maximum absolute atomic E-state index is 11.7. The predicted molar refractivity (Wildman–Crippen MR) is 79.4 cm³/mol. The summed E-state index contributed by atoms with van der Waals surface area (Å²) in [5.74, 6) is 0.482. The first-order valence-corrected chi connectivity index (χ1v) is 6.69. The van der Waals surface area contributed by atoms with Gasteiger partial charge in [-0.2, -0.15) is 0 Å². The molecule has 0 bridgehead atoms. The Bertz CT molecular complexity index is 588. The molecule has 1 heterocycles. The zero-order chi connectivity index (χ0) is 14.4. The average molecular weight is 311 g/mol. The van der Waals surface area contributed by atoms with E-state index in [4.69, 9.17) is 27.9 Å². The van der Waals surface area contributed by atoms with E-state index in [2.05, 4.69) is 10.3 Å². The summed E-state index contributed by atoms with van der Waals surface area (Å²) in [5.41, 5.74) is 0.491. The average Bonchev–Trinajstić information content (AvgIpc) is 2.44. The highest BCUT2D eigenvalue weighted by Gasteiger charge is 2.06. The number of halogens is 2. The summed E-state index contributed by atoms with van der Waals surface area (Å²) in [5, 5.41) is 3.57. The number of amides is 1. The lowest BCUT2D eigenvalue weighted by molar-refractivity contribution is -0.116. The third-order valence-electron chi connectivity index (χ3n) is 2.44. The smallest absolute Gasteiger partial charge is 0.227 e. The molecule has 0 saturated heterocycles. The molecule has 0 spiro atoms. The van der Waals surface area contributed by atoms with E-state index in [0.29, 0.717) is 16.5 Å². The normalized spacial score (nSPS) is 10.1. The molecule has 0 unspecified atom stereocenters. The van der Waals surface area contributed by atoms with Crippen LogP contribution in [0.3, 0.4) is 0 Å². The number of nitrogens with one attached hydrogen (secondary N) is 1. The van der Waals surface area contributed by atoms with Crippen LogP contribution in [0.25, 0.3) is 0 Å². The fourth-order valence-electron chi connectivity index (χ4n) is 1.48. The molecule has 0 aliphatic heterocycles. The van der Waals surface area contributed by atoms with Crippen molar-refractivity contribution in [3.8, 4) is 5.75 Å². The lowest BCUT2D eigenvalue weighted by Gasteiger charge is -2.08. The second-order valence-corrected chi connectivity index (χ2v) is 4.74. The molecule has 1 N–H and O–H groups in total. The summed E-state index contributed by atoms with van der Waals surface area (Å²) in [7, 11) is 0. The largest absolute Gasteiger partial charge is 0.493 e. The third-order valence-corrected chi connectivity index (χ3v) is 3.00. The first-order chi connectivity index (χ1) is 9.65. The minimum Gasteiger partial charge on any atom is -0.493 e. The molecule has 4 nitrogen and oxygen atoms in total. The topological polar surface area (TPSA) is 51.2 Å². The maximum atomic E-state index is 11.7. The van der Waals surface area contributed by atoms with Gasteiger partial charge in [-0.05, 0) is 36.4 Å². The zero-order valence-electron chi connectivity index (χ0n) is 10.5. The van der Waals surface area contributed by atoms with Crippen molar-refractivity contribution in [3.63, 3.8) is 0 Å². The summed E-state index contributed by atoms with van der Waals surface area (Å²) in [6.07, 6.45) is 1.77. The van der Waals surface area contributed by atoms with Crippen LogP contribution in [-0.4, -0.2) is 17.5 Å². The van der Waals surface area contributed by atoms with Crippen molar-refractivity contribution in [1.82, 2.24) is 4.98 Å². The van der Waals surface area contributed by atoms with Gasteiger partial charge in [-0.25, -0.2) is 4.98 Å². The van der Waals surface area contributed by atoms with Gasteiger partial charge in [-0.15, -0.1) is 0 Å². The molecule has 2 rings (SSSR count). The molecule has 0 fully saturated rings. The highest BCUT2D eigenvalue weighted by atomic mass is 35.5. The van der Waals surface area contributed by atoms with Gasteiger partial charge in [0, 0.05) is 11.2 Å². The quantitative estimate of drug-likeness (QED) is 0.855. The van der Waals surface area contributed by atoms with Gasteiger partial charge in [0.2, 0.25) is 5.91 Å². The number of ether oxygens (including phenoxy) is 1. The molecule has 1 aromatic carbocycles. The van der Waals surface area contributed by atoms with Crippen LogP contribution in [0.2, 0.25) is 10.2 Å². The summed E-state index contributed by atoms with van der Waals surface area (Å²) >= 11 is 11.6. The molecule has 0 radical (unpaired) electrons. The second kappa shape index (κ2) is 7.12. The number of anilines is 1. The van der Waals surface area contributed by atoms with Gasteiger partial charge in [0.1, 0.15) is 5.75 Å².